The van der Waals surface area contributed by atoms with E-state index in [4.69, 9.17) is 62.5 Å². The lowest BCUT2D eigenvalue weighted by Gasteiger charge is -2.13. The molecule has 0 radical (unpaired) electrons. The Morgan fingerprint density at radius 1 is 0.144 bits per heavy atom. The van der Waals surface area contributed by atoms with Gasteiger partial charge < -0.3 is 17.7 Å². The fourth-order valence-electron chi connectivity index (χ4n) is 19.0. The van der Waals surface area contributed by atoms with Crippen molar-refractivity contribution >= 4 is 151 Å². The molecule has 614 valence electrons. The van der Waals surface area contributed by atoms with Crippen LogP contribution in [0, 0.1) is 0 Å². The molecule has 27 aromatic rings. The first kappa shape index (κ1) is 74.8. The van der Waals surface area contributed by atoms with Gasteiger partial charge in [0.05, 0.1) is 0 Å². The Balaban J connectivity index is 0.560. The molecule has 0 fully saturated rings. The average Bonchev–Trinajstić information content (AvgIpc) is 1.60. The summed E-state index contributed by atoms with van der Waals surface area (Å²) < 4.78 is 31.6. The summed E-state index contributed by atoms with van der Waals surface area (Å²) in [5.41, 5.74) is 24.5. The van der Waals surface area contributed by atoms with E-state index >= 15 is 0 Å². The molecule has 0 saturated carbocycles. The van der Waals surface area contributed by atoms with Gasteiger partial charge in [-0.2, -0.15) is 0 Å². The fourth-order valence-corrected chi connectivity index (χ4v) is 21.4. The number of hydrogen-bond acceptors (Lipinski definition) is 15. The minimum Gasteiger partial charge on any atom is -0.456 e. The molecular formula is C117H65N9O4S2. The molecule has 0 unspecified atom stereocenters. The Morgan fingerprint density at radius 2 is 0.439 bits per heavy atom. The van der Waals surface area contributed by atoms with Gasteiger partial charge in [0.1, 0.15) is 44.7 Å². The van der Waals surface area contributed by atoms with Gasteiger partial charge in [0.25, 0.3) is 0 Å². The molecule has 0 bridgehead atoms. The van der Waals surface area contributed by atoms with Crippen molar-refractivity contribution in [2.45, 2.75) is 0 Å². The van der Waals surface area contributed by atoms with Crippen molar-refractivity contribution in [2.75, 3.05) is 0 Å². The Bertz CT molecular complexity index is 9360. The number of thiophene rings is 2. The number of para-hydroxylation sites is 1. The third kappa shape index (κ3) is 12.8. The number of nitrogens with zero attached hydrogens (tertiary/aromatic N) is 9. The van der Waals surface area contributed by atoms with E-state index in [0.717, 1.165) is 214 Å². The minimum atomic E-state index is 0.518. The van der Waals surface area contributed by atoms with Crippen LogP contribution in [0.4, 0.5) is 0 Å². The van der Waals surface area contributed by atoms with E-state index < -0.39 is 0 Å². The average molecular weight is 1720 g/mol. The lowest BCUT2D eigenvalue weighted by molar-refractivity contribution is 0.668. The Kier molecular flexibility index (Phi) is 17.1. The van der Waals surface area contributed by atoms with E-state index in [9.17, 15) is 0 Å². The predicted octanol–water partition coefficient (Wildman–Crippen LogP) is 31.9. The number of aromatic nitrogens is 9. The van der Waals surface area contributed by atoms with Gasteiger partial charge in [-0.3, -0.25) is 0 Å². The van der Waals surface area contributed by atoms with Crippen molar-refractivity contribution in [3.8, 4) is 158 Å². The van der Waals surface area contributed by atoms with Crippen molar-refractivity contribution in [3.05, 3.63) is 394 Å². The van der Waals surface area contributed by atoms with Crippen LogP contribution in [0.2, 0.25) is 0 Å². The summed E-state index contributed by atoms with van der Waals surface area (Å²) in [5, 5.41) is 13.1. The summed E-state index contributed by atoms with van der Waals surface area (Å²) in [4.78, 5) is 46.6. The quantitative estimate of drug-likeness (QED) is 0.101. The van der Waals surface area contributed by atoms with Gasteiger partial charge in [0.15, 0.2) is 52.4 Å². The number of furan rings is 4. The van der Waals surface area contributed by atoms with Crippen LogP contribution in [0.25, 0.3) is 286 Å². The molecule has 18 aromatic carbocycles. The second kappa shape index (κ2) is 30.2. The van der Waals surface area contributed by atoms with Crippen LogP contribution in [0.1, 0.15) is 0 Å². The first-order chi connectivity index (χ1) is 65.3. The largest absolute Gasteiger partial charge is 0.456 e. The molecule has 27 rings (SSSR count). The van der Waals surface area contributed by atoms with Crippen molar-refractivity contribution in [3.63, 3.8) is 0 Å². The van der Waals surface area contributed by atoms with Crippen molar-refractivity contribution in [1.29, 1.82) is 0 Å². The van der Waals surface area contributed by atoms with Crippen LogP contribution in [-0.4, -0.2) is 44.9 Å². The van der Waals surface area contributed by atoms with E-state index in [1.807, 2.05) is 169 Å². The third-order valence-corrected chi connectivity index (χ3v) is 27.8. The predicted molar refractivity (Wildman–Crippen MR) is 538 cm³/mol. The topological polar surface area (TPSA) is 169 Å². The smallest absolute Gasteiger partial charge is 0.164 e. The molecule has 9 aromatic heterocycles. The van der Waals surface area contributed by atoms with Gasteiger partial charge in [-0.1, -0.05) is 285 Å². The summed E-state index contributed by atoms with van der Waals surface area (Å²) in [6, 6.07) is 137. The highest BCUT2D eigenvalue weighted by Crippen LogP contribution is 2.49. The van der Waals surface area contributed by atoms with E-state index in [2.05, 4.69) is 237 Å². The monoisotopic (exact) mass is 1720 g/mol. The molecule has 9 heterocycles. The second-order valence-electron chi connectivity index (χ2n) is 33.4. The number of rotatable bonds is 14. The maximum atomic E-state index is 6.89. The molecule has 0 aliphatic rings. The van der Waals surface area contributed by atoms with Crippen LogP contribution < -0.4 is 0 Å². The maximum absolute atomic E-state index is 6.89. The van der Waals surface area contributed by atoms with Gasteiger partial charge in [-0.25, -0.2) is 44.9 Å². The Labute approximate surface area is 760 Å². The number of benzene rings is 18. The molecule has 0 amide bonds. The van der Waals surface area contributed by atoms with Gasteiger partial charge in [0.2, 0.25) is 0 Å². The van der Waals surface area contributed by atoms with E-state index in [-0.39, 0.29) is 0 Å². The summed E-state index contributed by atoms with van der Waals surface area (Å²) in [6.45, 7) is 0. The lowest BCUT2D eigenvalue weighted by Crippen LogP contribution is -2.00. The summed E-state index contributed by atoms with van der Waals surface area (Å²) in [7, 11) is 0. The van der Waals surface area contributed by atoms with E-state index in [0.29, 0.717) is 52.4 Å². The Hall–Kier alpha value is -17.4. The van der Waals surface area contributed by atoms with Crippen molar-refractivity contribution < 1.29 is 17.7 Å². The minimum absolute atomic E-state index is 0.518. The standard InChI is InChI=1S/C117H65N9O4S2/c1-5-19-68(20-6-1)109-118-110(69-21-7-2-8-22-69)122-115(121-109)78-48-55-88-85-52-46-77(59-100(85)130-103(88)61-78)82-30-17-31-91-95-64-93(66-35-39-72(40-36-66)113-119-111(70-23-9-3-10-24-70)124-117(125-113)80-49-54-87-84-51-45-76(58-99(84)129-102(87)62-80)81-29-18-33-97-107(81)92-28-13-15-32-96(92)127-97)94(65-106(95)132-108(82)91)67-37-41-73(42-38-67)114-120-112(71-25-11-4-12-26-71)123-116(126-114)79-47-53-86-83-50-43-74(57-98(83)128-101(86)60-79)75-44-56-90-89-27-14-16-34-104(89)131-105(90)63-75/h1-65H. The van der Waals surface area contributed by atoms with Crippen molar-refractivity contribution in [2.24, 2.45) is 0 Å². The number of fused-ring (bicyclic) bond motifs is 18. The zero-order chi connectivity index (χ0) is 86.6. The molecule has 132 heavy (non-hydrogen) atoms. The SMILES string of the molecule is c1ccc(-c2nc(-c3ccc(-c4cc5sc6c(-c7ccc8c(c7)oc7cc(-c9nc(-c%10ccccc%10)nc(-c%10ccccc%10)n9)ccc78)cccc6c5cc4-c4ccc(-c5nc(-c6ccccc6)nc(-c6ccc7c(c6)oc6cc(-c8cccc9oc%10ccccc%10c89)ccc67)n5)cc4)cc3)nc(-c3ccc4c(c3)oc3cc(-c5ccc6c(c5)sc5ccccc56)ccc34)n2)cc1. The van der Waals surface area contributed by atoms with Gasteiger partial charge in [-0.15, -0.1) is 22.7 Å². The highest BCUT2D eigenvalue weighted by Gasteiger charge is 2.25. The molecule has 0 saturated heterocycles. The first-order valence-electron chi connectivity index (χ1n) is 43.7. The molecule has 0 atom stereocenters. The van der Waals surface area contributed by atoms with Gasteiger partial charge in [-0.05, 0) is 165 Å². The molecule has 0 aliphatic carbocycles. The summed E-state index contributed by atoms with van der Waals surface area (Å²) in [5.74, 6) is 4.97. The fraction of sp³-hybridized carbons (Fsp3) is 0. The molecule has 0 aliphatic heterocycles. The molecule has 0 spiro atoms. The summed E-state index contributed by atoms with van der Waals surface area (Å²) >= 11 is 3.62. The zero-order valence-corrected chi connectivity index (χ0v) is 71.6. The van der Waals surface area contributed by atoms with Crippen LogP contribution in [0.3, 0.4) is 0 Å². The molecule has 0 N–H and O–H groups in total. The highest BCUT2D eigenvalue weighted by atomic mass is 32.1. The molecule has 15 heteroatoms. The summed E-state index contributed by atoms with van der Waals surface area (Å²) in [6.07, 6.45) is 0. The van der Waals surface area contributed by atoms with E-state index in [1.165, 1.54) is 20.2 Å². The molecular weight excluding hydrogens is 1660 g/mol. The van der Waals surface area contributed by atoms with Gasteiger partial charge in [0, 0.05) is 134 Å². The third-order valence-electron chi connectivity index (χ3n) is 25.5. The number of hydrogen-bond donors (Lipinski definition) is 0. The lowest BCUT2D eigenvalue weighted by atomic mass is 9.91. The van der Waals surface area contributed by atoms with Crippen LogP contribution in [-0.2, 0) is 0 Å². The van der Waals surface area contributed by atoms with E-state index in [1.54, 1.807) is 11.3 Å². The Morgan fingerprint density at radius 3 is 0.909 bits per heavy atom. The van der Waals surface area contributed by atoms with Crippen molar-refractivity contribution in [1.82, 2.24) is 44.9 Å². The molecule has 13 nitrogen and oxygen atoms in total. The first-order valence-corrected chi connectivity index (χ1v) is 45.4. The van der Waals surface area contributed by atoms with Gasteiger partial charge >= 0.3 is 0 Å². The van der Waals surface area contributed by atoms with Crippen LogP contribution in [0.5, 0.6) is 0 Å². The normalized spacial score (nSPS) is 11.9. The zero-order valence-electron chi connectivity index (χ0n) is 70.0. The maximum Gasteiger partial charge on any atom is 0.164 e. The van der Waals surface area contributed by atoms with Crippen LogP contribution >= 0.6 is 22.7 Å². The highest BCUT2D eigenvalue weighted by molar-refractivity contribution is 7.26. The van der Waals surface area contributed by atoms with Crippen LogP contribution in [0.15, 0.2) is 412 Å². The second-order valence-corrected chi connectivity index (χ2v) is 35.5.